The molecule has 1 fully saturated rings. The summed E-state index contributed by atoms with van der Waals surface area (Å²) in [6.45, 7) is 1.21. The Bertz CT molecular complexity index is 927. The highest BCUT2D eigenvalue weighted by molar-refractivity contribution is 6.30. The minimum absolute atomic E-state index is 0.279. The molecule has 0 spiro atoms. The van der Waals surface area contributed by atoms with Gasteiger partial charge in [0, 0.05) is 16.1 Å². The Morgan fingerprint density at radius 3 is 2.10 bits per heavy atom. The number of methoxy groups -OCH3 is 4. The molecule has 1 atom stereocenters. The predicted octanol–water partition coefficient (Wildman–Crippen LogP) is 4.26. The van der Waals surface area contributed by atoms with Crippen molar-refractivity contribution in [1.82, 2.24) is 4.90 Å². The van der Waals surface area contributed by atoms with Crippen molar-refractivity contribution < 1.29 is 28.8 Å². The van der Waals surface area contributed by atoms with Crippen LogP contribution in [0.5, 0.6) is 23.0 Å². The number of carboxylic acid groups (broad SMARTS) is 1. The van der Waals surface area contributed by atoms with E-state index in [0.717, 1.165) is 11.1 Å². The lowest BCUT2D eigenvalue weighted by atomic mass is 9.90. The van der Waals surface area contributed by atoms with Gasteiger partial charge in [0.2, 0.25) is 5.75 Å². The van der Waals surface area contributed by atoms with Crippen molar-refractivity contribution in [3.63, 3.8) is 0 Å². The Hall–Kier alpha value is -2.64. The summed E-state index contributed by atoms with van der Waals surface area (Å²) in [6, 6.07) is 8.99. The quantitative estimate of drug-likeness (QED) is 0.645. The van der Waals surface area contributed by atoms with E-state index in [9.17, 15) is 9.90 Å². The Morgan fingerprint density at radius 1 is 0.935 bits per heavy atom. The number of ether oxygens (including phenoxy) is 4. The van der Waals surface area contributed by atoms with E-state index in [1.165, 1.54) is 0 Å². The van der Waals surface area contributed by atoms with Crippen molar-refractivity contribution in [1.29, 1.82) is 0 Å². The summed E-state index contributed by atoms with van der Waals surface area (Å²) in [6.07, 6.45) is 1.12. The maximum absolute atomic E-state index is 11.5. The highest BCUT2D eigenvalue weighted by Gasteiger charge is 2.34. The molecule has 1 heterocycles. The standard InChI is InChI=1S/C23H28ClNO6/c1-28-18-7-5-15(24)13-17(18)20(25-11-9-14(10-12-25)23(26)27)16-6-8-19(29-2)22(31-4)21(16)30-3/h5-8,13-14,20H,9-12H2,1-4H3,(H,26,27). The number of aliphatic carboxylic acids is 1. The first-order chi connectivity index (χ1) is 14.9. The van der Waals surface area contributed by atoms with Crippen LogP contribution >= 0.6 is 11.6 Å². The third-order valence-corrected chi connectivity index (χ3v) is 5.99. The van der Waals surface area contributed by atoms with Crippen molar-refractivity contribution in [2.45, 2.75) is 18.9 Å². The van der Waals surface area contributed by atoms with Gasteiger partial charge in [-0.05, 0) is 56.3 Å². The number of hydrogen-bond donors (Lipinski definition) is 1. The Balaban J connectivity index is 2.16. The van der Waals surface area contributed by atoms with Gasteiger partial charge in [-0.25, -0.2) is 0 Å². The average Bonchev–Trinajstić information content (AvgIpc) is 2.79. The van der Waals surface area contributed by atoms with Crippen LogP contribution in [0.25, 0.3) is 0 Å². The van der Waals surface area contributed by atoms with Gasteiger partial charge in [-0.1, -0.05) is 11.6 Å². The van der Waals surface area contributed by atoms with Gasteiger partial charge < -0.3 is 24.1 Å². The first kappa shape index (κ1) is 23.0. The second-order valence-corrected chi connectivity index (χ2v) is 7.80. The van der Waals surface area contributed by atoms with E-state index in [-0.39, 0.29) is 12.0 Å². The van der Waals surface area contributed by atoms with Gasteiger partial charge in [0.15, 0.2) is 11.5 Å². The van der Waals surface area contributed by atoms with Gasteiger partial charge in [-0.15, -0.1) is 0 Å². The van der Waals surface area contributed by atoms with Crippen LogP contribution < -0.4 is 18.9 Å². The molecule has 0 saturated carbocycles. The Morgan fingerprint density at radius 2 is 1.55 bits per heavy atom. The maximum Gasteiger partial charge on any atom is 0.306 e. The smallest absolute Gasteiger partial charge is 0.306 e. The van der Waals surface area contributed by atoms with Crippen molar-refractivity contribution in [3.05, 3.63) is 46.5 Å². The van der Waals surface area contributed by atoms with E-state index in [2.05, 4.69) is 4.90 Å². The van der Waals surface area contributed by atoms with Gasteiger partial charge in [0.1, 0.15) is 5.75 Å². The normalized spacial score (nSPS) is 15.9. The molecular formula is C23H28ClNO6. The number of halogens is 1. The number of likely N-dealkylation sites (tertiary alicyclic amines) is 1. The number of nitrogens with zero attached hydrogens (tertiary/aromatic N) is 1. The lowest BCUT2D eigenvalue weighted by Gasteiger charge is -2.38. The van der Waals surface area contributed by atoms with E-state index in [0.29, 0.717) is 54.0 Å². The summed E-state index contributed by atoms with van der Waals surface area (Å²) >= 11 is 6.36. The molecule has 2 aromatic carbocycles. The van der Waals surface area contributed by atoms with Gasteiger partial charge in [0.25, 0.3) is 0 Å². The fourth-order valence-electron chi connectivity index (χ4n) is 4.22. The lowest BCUT2D eigenvalue weighted by Crippen LogP contribution is -2.39. The van der Waals surface area contributed by atoms with Crippen molar-refractivity contribution >= 4 is 17.6 Å². The van der Waals surface area contributed by atoms with Crippen molar-refractivity contribution in [2.24, 2.45) is 5.92 Å². The van der Waals surface area contributed by atoms with Gasteiger partial charge in [0.05, 0.1) is 40.4 Å². The molecule has 1 unspecified atom stereocenters. The minimum atomic E-state index is -0.750. The second kappa shape index (κ2) is 10.1. The lowest BCUT2D eigenvalue weighted by molar-refractivity contribution is -0.143. The van der Waals surface area contributed by atoms with Gasteiger partial charge >= 0.3 is 5.97 Å². The van der Waals surface area contributed by atoms with Gasteiger partial charge in [-0.2, -0.15) is 0 Å². The van der Waals surface area contributed by atoms with Crippen LogP contribution in [0.15, 0.2) is 30.3 Å². The fraction of sp³-hybridized carbons (Fsp3) is 0.435. The average molecular weight is 450 g/mol. The topological polar surface area (TPSA) is 77.5 Å². The molecule has 168 valence electrons. The summed E-state index contributed by atoms with van der Waals surface area (Å²) in [4.78, 5) is 13.7. The molecule has 0 amide bonds. The summed E-state index contributed by atoms with van der Waals surface area (Å²) < 4.78 is 22.5. The van der Waals surface area contributed by atoms with Crippen molar-refractivity contribution in [2.75, 3.05) is 41.5 Å². The summed E-state index contributed by atoms with van der Waals surface area (Å²) in [5.41, 5.74) is 1.73. The molecule has 0 aromatic heterocycles. The molecule has 0 aliphatic carbocycles. The van der Waals surface area contributed by atoms with Crippen LogP contribution in [0, 0.1) is 5.92 Å². The zero-order chi connectivity index (χ0) is 22.5. The fourth-order valence-corrected chi connectivity index (χ4v) is 4.40. The van der Waals surface area contributed by atoms with Crippen LogP contribution in [0.3, 0.4) is 0 Å². The van der Waals surface area contributed by atoms with Crippen LogP contribution in [0.4, 0.5) is 0 Å². The molecule has 1 saturated heterocycles. The number of piperidine rings is 1. The van der Waals surface area contributed by atoms with Crippen molar-refractivity contribution in [3.8, 4) is 23.0 Å². The van der Waals surface area contributed by atoms with Crippen LogP contribution in [-0.2, 0) is 4.79 Å². The van der Waals surface area contributed by atoms with E-state index in [1.807, 2.05) is 24.3 Å². The zero-order valence-electron chi connectivity index (χ0n) is 18.2. The van der Waals surface area contributed by atoms with Gasteiger partial charge in [-0.3, -0.25) is 9.69 Å². The predicted molar refractivity (Wildman–Crippen MR) is 118 cm³/mol. The molecule has 7 nitrogen and oxygen atoms in total. The molecule has 8 heteroatoms. The zero-order valence-corrected chi connectivity index (χ0v) is 18.9. The molecule has 1 N–H and O–H groups in total. The first-order valence-electron chi connectivity index (χ1n) is 10.0. The van der Waals surface area contributed by atoms with E-state index in [1.54, 1.807) is 34.5 Å². The first-order valence-corrected chi connectivity index (χ1v) is 10.4. The third kappa shape index (κ3) is 4.67. The number of hydrogen-bond acceptors (Lipinski definition) is 6. The number of carbonyl (C=O) groups is 1. The second-order valence-electron chi connectivity index (χ2n) is 7.36. The monoisotopic (exact) mass is 449 g/mol. The summed E-state index contributed by atoms with van der Waals surface area (Å²) in [7, 11) is 6.35. The molecule has 1 aliphatic rings. The molecule has 31 heavy (non-hydrogen) atoms. The molecular weight excluding hydrogens is 422 g/mol. The van der Waals surface area contributed by atoms with Crippen LogP contribution in [-0.4, -0.2) is 57.5 Å². The third-order valence-electron chi connectivity index (χ3n) is 5.76. The molecule has 2 aromatic rings. The Kier molecular flexibility index (Phi) is 7.51. The van der Waals surface area contributed by atoms with E-state index < -0.39 is 5.97 Å². The highest BCUT2D eigenvalue weighted by atomic mass is 35.5. The molecule has 1 aliphatic heterocycles. The Labute approximate surface area is 187 Å². The van der Waals surface area contributed by atoms with Crippen LogP contribution in [0.2, 0.25) is 5.02 Å². The summed E-state index contributed by atoms with van der Waals surface area (Å²) in [5.74, 6) is 1.20. The van der Waals surface area contributed by atoms with E-state index >= 15 is 0 Å². The number of benzene rings is 2. The maximum atomic E-state index is 11.5. The largest absolute Gasteiger partial charge is 0.496 e. The molecule has 3 rings (SSSR count). The molecule has 0 bridgehead atoms. The molecule has 0 radical (unpaired) electrons. The number of carboxylic acids is 1. The SMILES string of the molecule is COc1ccc(Cl)cc1C(c1ccc(OC)c(OC)c1OC)N1CCC(C(=O)O)CC1. The van der Waals surface area contributed by atoms with E-state index in [4.69, 9.17) is 30.5 Å². The van der Waals surface area contributed by atoms with Crippen LogP contribution in [0.1, 0.15) is 30.0 Å². The summed E-state index contributed by atoms with van der Waals surface area (Å²) in [5, 5.41) is 10.0. The number of rotatable bonds is 8. The minimum Gasteiger partial charge on any atom is -0.496 e. The highest BCUT2D eigenvalue weighted by Crippen LogP contribution is 2.47.